The van der Waals surface area contributed by atoms with Crippen molar-refractivity contribution in [3.63, 3.8) is 0 Å². The highest BCUT2D eigenvalue weighted by atomic mass is 35.5. The van der Waals surface area contributed by atoms with Crippen LogP contribution in [0.3, 0.4) is 0 Å². The molecule has 2 rings (SSSR count). The smallest absolute Gasteiger partial charge is 0.224 e. The number of benzene rings is 1. The zero-order valence-corrected chi connectivity index (χ0v) is 11.9. The summed E-state index contributed by atoms with van der Waals surface area (Å²) < 4.78 is 0. The van der Waals surface area contributed by atoms with Crippen LogP contribution in [0.4, 0.5) is 0 Å². The highest BCUT2D eigenvalue weighted by molar-refractivity contribution is 5.85. The van der Waals surface area contributed by atoms with Crippen LogP contribution >= 0.6 is 12.4 Å². The van der Waals surface area contributed by atoms with E-state index >= 15 is 0 Å². The number of nitrogens with one attached hydrogen (secondary N) is 2. The fraction of sp³-hybridized carbons (Fsp3) is 0.500. The van der Waals surface area contributed by atoms with Crippen molar-refractivity contribution in [3.05, 3.63) is 35.4 Å². The van der Waals surface area contributed by atoms with Gasteiger partial charge < -0.3 is 15.7 Å². The molecule has 0 saturated carbocycles. The third-order valence-corrected chi connectivity index (χ3v) is 3.36. The summed E-state index contributed by atoms with van der Waals surface area (Å²) >= 11 is 0. The van der Waals surface area contributed by atoms with Gasteiger partial charge in [0.15, 0.2) is 0 Å². The lowest BCUT2D eigenvalue weighted by molar-refractivity contribution is -0.124. The van der Waals surface area contributed by atoms with E-state index in [0.717, 1.165) is 30.6 Å². The number of halogens is 1. The van der Waals surface area contributed by atoms with E-state index in [1.807, 2.05) is 31.2 Å². The van der Waals surface area contributed by atoms with Gasteiger partial charge >= 0.3 is 0 Å². The van der Waals surface area contributed by atoms with E-state index in [1.165, 1.54) is 0 Å². The zero-order valence-electron chi connectivity index (χ0n) is 11.1. The van der Waals surface area contributed by atoms with Crippen LogP contribution in [0.25, 0.3) is 0 Å². The fourth-order valence-corrected chi connectivity index (χ4v) is 2.13. The molecule has 1 heterocycles. The van der Waals surface area contributed by atoms with Crippen molar-refractivity contribution in [1.82, 2.24) is 10.6 Å². The molecule has 1 fully saturated rings. The predicted octanol–water partition coefficient (Wildman–Crippen LogP) is 1.18. The second-order valence-corrected chi connectivity index (χ2v) is 4.86. The van der Waals surface area contributed by atoms with Crippen LogP contribution in [-0.2, 0) is 4.79 Å². The Morgan fingerprint density at radius 3 is 2.74 bits per heavy atom. The van der Waals surface area contributed by atoms with E-state index < -0.39 is 6.10 Å². The molecule has 1 saturated heterocycles. The molecule has 1 aliphatic rings. The van der Waals surface area contributed by atoms with E-state index in [1.54, 1.807) is 0 Å². The van der Waals surface area contributed by atoms with Gasteiger partial charge in [-0.25, -0.2) is 0 Å². The SMILES string of the molecule is Cc1ccc(C(O)CNC(=O)C2CCNC2)cc1.Cl. The third kappa shape index (κ3) is 4.49. The zero-order chi connectivity index (χ0) is 13.0. The lowest BCUT2D eigenvalue weighted by Crippen LogP contribution is -2.34. The first kappa shape index (κ1) is 16.0. The summed E-state index contributed by atoms with van der Waals surface area (Å²) in [5.41, 5.74) is 2.00. The summed E-state index contributed by atoms with van der Waals surface area (Å²) in [7, 11) is 0. The molecule has 1 aromatic carbocycles. The Hall–Kier alpha value is -1.10. The van der Waals surface area contributed by atoms with Gasteiger partial charge in [0, 0.05) is 13.1 Å². The maximum Gasteiger partial charge on any atom is 0.224 e. The molecule has 2 unspecified atom stereocenters. The summed E-state index contributed by atoms with van der Waals surface area (Å²) in [6, 6.07) is 7.70. The molecule has 0 bridgehead atoms. The maximum absolute atomic E-state index is 11.8. The Morgan fingerprint density at radius 1 is 1.47 bits per heavy atom. The number of aliphatic hydroxyl groups excluding tert-OH is 1. The molecule has 5 heteroatoms. The summed E-state index contributed by atoms with van der Waals surface area (Å²) in [6.07, 6.45) is 0.246. The number of hydrogen-bond donors (Lipinski definition) is 3. The topological polar surface area (TPSA) is 61.4 Å². The van der Waals surface area contributed by atoms with Crippen molar-refractivity contribution in [3.8, 4) is 0 Å². The van der Waals surface area contributed by atoms with Gasteiger partial charge in [-0.15, -0.1) is 12.4 Å². The molecule has 0 radical (unpaired) electrons. The number of aliphatic hydroxyl groups is 1. The van der Waals surface area contributed by atoms with Gasteiger partial charge in [0.1, 0.15) is 0 Å². The van der Waals surface area contributed by atoms with Crippen molar-refractivity contribution in [2.75, 3.05) is 19.6 Å². The number of amides is 1. The predicted molar refractivity (Wildman–Crippen MR) is 77.4 cm³/mol. The average molecular weight is 285 g/mol. The third-order valence-electron chi connectivity index (χ3n) is 3.36. The fourth-order valence-electron chi connectivity index (χ4n) is 2.13. The minimum Gasteiger partial charge on any atom is -0.387 e. The van der Waals surface area contributed by atoms with Crippen LogP contribution in [-0.4, -0.2) is 30.6 Å². The molecular formula is C14H21ClN2O2. The lowest BCUT2D eigenvalue weighted by Gasteiger charge is -2.14. The van der Waals surface area contributed by atoms with Gasteiger partial charge in [-0.3, -0.25) is 4.79 Å². The molecule has 1 amide bonds. The minimum absolute atomic E-state index is 0. The monoisotopic (exact) mass is 284 g/mol. The second-order valence-electron chi connectivity index (χ2n) is 4.86. The van der Waals surface area contributed by atoms with Crippen LogP contribution in [0, 0.1) is 12.8 Å². The van der Waals surface area contributed by atoms with Crippen molar-refractivity contribution < 1.29 is 9.90 Å². The Morgan fingerprint density at radius 2 is 2.16 bits per heavy atom. The van der Waals surface area contributed by atoms with Crippen molar-refractivity contribution >= 4 is 18.3 Å². The minimum atomic E-state index is -0.635. The highest BCUT2D eigenvalue weighted by Gasteiger charge is 2.22. The van der Waals surface area contributed by atoms with Crippen LogP contribution in [0.2, 0.25) is 0 Å². The van der Waals surface area contributed by atoms with Gasteiger partial charge in [0.05, 0.1) is 12.0 Å². The first-order valence-corrected chi connectivity index (χ1v) is 6.40. The van der Waals surface area contributed by atoms with Crippen LogP contribution in [0.5, 0.6) is 0 Å². The van der Waals surface area contributed by atoms with Crippen molar-refractivity contribution in [2.45, 2.75) is 19.4 Å². The Bertz CT molecular complexity index is 402. The summed E-state index contributed by atoms with van der Waals surface area (Å²) in [6.45, 7) is 3.93. The van der Waals surface area contributed by atoms with Crippen LogP contribution in [0.1, 0.15) is 23.7 Å². The van der Waals surface area contributed by atoms with Gasteiger partial charge in [-0.1, -0.05) is 29.8 Å². The number of carbonyl (C=O) groups excluding carboxylic acids is 1. The average Bonchev–Trinajstić information content (AvgIpc) is 2.90. The molecule has 2 atom stereocenters. The normalized spacial score (nSPS) is 19.6. The summed E-state index contributed by atoms with van der Waals surface area (Å²) in [4.78, 5) is 11.8. The van der Waals surface area contributed by atoms with E-state index in [9.17, 15) is 9.90 Å². The van der Waals surface area contributed by atoms with Crippen LogP contribution < -0.4 is 10.6 Å². The Labute approximate surface area is 120 Å². The second kappa shape index (κ2) is 7.48. The maximum atomic E-state index is 11.8. The highest BCUT2D eigenvalue weighted by Crippen LogP contribution is 2.13. The molecule has 0 aliphatic carbocycles. The number of carbonyl (C=O) groups is 1. The standard InChI is InChI=1S/C14H20N2O2.ClH/c1-10-2-4-11(5-3-10)13(17)9-16-14(18)12-6-7-15-8-12;/h2-5,12-13,15,17H,6-9H2,1H3,(H,16,18);1H. The Kier molecular flexibility index (Phi) is 6.28. The summed E-state index contributed by atoms with van der Waals surface area (Å²) in [5, 5.41) is 15.9. The van der Waals surface area contributed by atoms with E-state index in [0.29, 0.717) is 0 Å². The number of rotatable bonds is 4. The largest absolute Gasteiger partial charge is 0.387 e. The van der Waals surface area contributed by atoms with E-state index in [4.69, 9.17) is 0 Å². The first-order valence-electron chi connectivity index (χ1n) is 6.40. The molecule has 1 aliphatic heterocycles. The number of hydrogen-bond acceptors (Lipinski definition) is 3. The Balaban J connectivity index is 0.00000180. The molecular weight excluding hydrogens is 264 g/mol. The lowest BCUT2D eigenvalue weighted by atomic mass is 10.1. The van der Waals surface area contributed by atoms with E-state index in [-0.39, 0.29) is 30.8 Å². The molecule has 0 aromatic heterocycles. The molecule has 1 aromatic rings. The van der Waals surface area contributed by atoms with Gasteiger partial charge in [0.2, 0.25) is 5.91 Å². The van der Waals surface area contributed by atoms with Crippen molar-refractivity contribution in [2.24, 2.45) is 5.92 Å². The summed E-state index contributed by atoms with van der Waals surface area (Å²) in [5.74, 6) is 0.0846. The molecule has 106 valence electrons. The van der Waals surface area contributed by atoms with Gasteiger partial charge in [-0.2, -0.15) is 0 Å². The molecule has 0 spiro atoms. The molecule has 19 heavy (non-hydrogen) atoms. The first-order chi connectivity index (χ1) is 8.66. The quantitative estimate of drug-likeness (QED) is 0.778. The van der Waals surface area contributed by atoms with Crippen molar-refractivity contribution in [1.29, 1.82) is 0 Å². The molecule has 4 nitrogen and oxygen atoms in total. The molecule has 3 N–H and O–H groups in total. The van der Waals surface area contributed by atoms with Crippen LogP contribution in [0.15, 0.2) is 24.3 Å². The van der Waals surface area contributed by atoms with E-state index in [2.05, 4.69) is 10.6 Å². The van der Waals surface area contributed by atoms with Gasteiger partial charge in [-0.05, 0) is 25.5 Å². The van der Waals surface area contributed by atoms with Gasteiger partial charge in [0.25, 0.3) is 0 Å². The number of aryl methyl sites for hydroxylation is 1.